The van der Waals surface area contributed by atoms with Crippen molar-refractivity contribution in [3.63, 3.8) is 0 Å². The van der Waals surface area contributed by atoms with E-state index in [2.05, 4.69) is 8.73 Å². The molecule has 8 nitrogen and oxygen atoms in total. The molecule has 0 unspecified atom stereocenters. The molecule has 1 atom stereocenters. The number of carbonyl (C=O) groups excluding carboxylic acids is 1. The molecule has 2 heterocycles. The number of nitrogens with two attached hydrogens (primary N) is 1. The first-order valence-corrected chi connectivity index (χ1v) is 10.6. The SMILES string of the molecule is CC(C)(C)[C@H](N)C(=O)N1CCN(S(=O)(=O)c2cccc3c2N=S=N3)CC1. The van der Waals surface area contributed by atoms with Crippen molar-refractivity contribution in [1.82, 2.24) is 9.21 Å². The molecule has 1 amide bonds. The second-order valence-electron chi connectivity index (χ2n) is 7.46. The number of amides is 1. The van der Waals surface area contributed by atoms with E-state index >= 15 is 0 Å². The van der Waals surface area contributed by atoms with Gasteiger partial charge in [-0.1, -0.05) is 26.8 Å². The highest BCUT2D eigenvalue weighted by molar-refractivity contribution is 7.89. The van der Waals surface area contributed by atoms with Gasteiger partial charge in [-0.3, -0.25) is 4.79 Å². The Balaban J connectivity index is 1.73. The van der Waals surface area contributed by atoms with Gasteiger partial charge in [-0.25, -0.2) is 8.42 Å². The zero-order valence-corrected chi connectivity index (χ0v) is 16.7. The van der Waals surface area contributed by atoms with Gasteiger partial charge in [0.15, 0.2) is 0 Å². The maximum Gasteiger partial charge on any atom is 0.245 e. The van der Waals surface area contributed by atoms with Crippen molar-refractivity contribution in [2.45, 2.75) is 31.7 Å². The van der Waals surface area contributed by atoms with Crippen LogP contribution in [-0.2, 0) is 26.2 Å². The first-order chi connectivity index (χ1) is 12.1. The highest BCUT2D eigenvalue weighted by Gasteiger charge is 2.36. The number of hydrogen-bond acceptors (Lipinski definition) is 6. The Morgan fingerprint density at radius 3 is 2.46 bits per heavy atom. The number of hydrogen-bond donors (Lipinski definition) is 1. The minimum absolute atomic E-state index is 0.139. The van der Waals surface area contributed by atoms with E-state index < -0.39 is 16.1 Å². The Morgan fingerprint density at radius 1 is 1.19 bits per heavy atom. The van der Waals surface area contributed by atoms with Gasteiger partial charge in [-0.2, -0.15) is 13.0 Å². The lowest BCUT2D eigenvalue weighted by atomic mass is 9.86. The predicted molar refractivity (Wildman–Crippen MR) is 101 cm³/mol. The maximum absolute atomic E-state index is 13.0. The van der Waals surface area contributed by atoms with Crippen LogP contribution in [0.15, 0.2) is 31.8 Å². The average molecular weight is 398 g/mol. The molecule has 2 aliphatic heterocycles. The number of piperazine rings is 1. The topological polar surface area (TPSA) is 108 Å². The largest absolute Gasteiger partial charge is 0.339 e. The fourth-order valence-corrected chi connectivity index (χ4v) is 5.02. The average Bonchev–Trinajstić information content (AvgIpc) is 3.08. The Labute approximate surface area is 157 Å². The van der Waals surface area contributed by atoms with E-state index in [9.17, 15) is 13.2 Å². The van der Waals surface area contributed by atoms with Crippen LogP contribution in [0.3, 0.4) is 0 Å². The Kier molecular flexibility index (Phi) is 5.04. The standard InChI is InChI=1S/C16H23N5O3S2/c1-16(2,3)14(17)15(22)20-7-9-21(10-8-20)26(23,24)12-6-4-5-11-13(12)19-25-18-11/h4-6,14H,7-10,17H2,1-3H3/t14-/m1/s1. The van der Waals surface area contributed by atoms with Crippen LogP contribution in [0.1, 0.15) is 20.8 Å². The van der Waals surface area contributed by atoms with Crippen LogP contribution < -0.4 is 5.73 Å². The van der Waals surface area contributed by atoms with E-state index in [0.717, 1.165) is 11.4 Å². The van der Waals surface area contributed by atoms with Gasteiger partial charge in [-0.05, 0) is 17.5 Å². The molecule has 1 saturated heterocycles. The first-order valence-electron chi connectivity index (χ1n) is 8.38. The van der Waals surface area contributed by atoms with E-state index in [-0.39, 0.29) is 29.3 Å². The molecule has 0 radical (unpaired) electrons. The molecule has 142 valence electrons. The van der Waals surface area contributed by atoms with Crippen molar-refractivity contribution in [2.75, 3.05) is 26.2 Å². The van der Waals surface area contributed by atoms with Crippen molar-refractivity contribution < 1.29 is 13.2 Å². The van der Waals surface area contributed by atoms with Gasteiger partial charge in [0, 0.05) is 26.2 Å². The number of rotatable bonds is 3. The molecule has 1 fully saturated rings. The van der Waals surface area contributed by atoms with E-state index in [4.69, 9.17) is 5.73 Å². The zero-order valence-electron chi connectivity index (χ0n) is 15.0. The first kappa shape index (κ1) is 19.2. The lowest BCUT2D eigenvalue weighted by molar-refractivity contribution is -0.136. The Morgan fingerprint density at radius 2 is 1.85 bits per heavy atom. The lowest BCUT2D eigenvalue weighted by Gasteiger charge is -2.37. The molecule has 26 heavy (non-hydrogen) atoms. The molecule has 0 saturated carbocycles. The highest BCUT2D eigenvalue weighted by Crippen LogP contribution is 2.38. The van der Waals surface area contributed by atoms with Crippen LogP contribution in [0.5, 0.6) is 0 Å². The normalized spacial score (nSPS) is 19.2. The van der Waals surface area contributed by atoms with Crippen molar-refractivity contribution in [1.29, 1.82) is 0 Å². The summed E-state index contributed by atoms with van der Waals surface area (Å²) in [6.07, 6.45) is 0. The van der Waals surface area contributed by atoms with Crippen LogP contribution >= 0.6 is 0 Å². The monoisotopic (exact) mass is 397 g/mol. The van der Waals surface area contributed by atoms with Gasteiger partial charge in [0.2, 0.25) is 15.9 Å². The van der Waals surface area contributed by atoms with Crippen LogP contribution in [0.4, 0.5) is 11.4 Å². The van der Waals surface area contributed by atoms with Gasteiger partial charge in [-0.15, -0.1) is 0 Å². The molecule has 0 aromatic heterocycles. The van der Waals surface area contributed by atoms with Crippen LogP contribution in [0, 0.1) is 5.41 Å². The van der Waals surface area contributed by atoms with Crippen molar-refractivity contribution in [3.05, 3.63) is 18.2 Å². The van der Waals surface area contributed by atoms with E-state index in [1.54, 1.807) is 23.1 Å². The summed E-state index contributed by atoms with van der Waals surface area (Å²) in [6.45, 7) is 6.87. The Hall–Kier alpha value is -1.62. The quantitative estimate of drug-likeness (QED) is 0.849. The third-order valence-corrected chi connectivity index (χ3v) is 7.09. The summed E-state index contributed by atoms with van der Waals surface area (Å²) in [4.78, 5) is 14.3. The summed E-state index contributed by atoms with van der Waals surface area (Å²) < 4.78 is 35.6. The molecule has 2 aliphatic rings. The molecular weight excluding hydrogens is 374 g/mol. The second-order valence-corrected chi connectivity index (χ2v) is 9.90. The van der Waals surface area contributed by atoms with Gasteiger partial charge in [0.25, 0.3) is 0 Å². The highest BCUT2D eigenvalue weighted by atomic mass is 32.2. The third kappa shape index (κ3) is 3.46. The number of carbonyl (C=O) groups is 1. The van der Waals surface area contributed by atoms with Crippen molar-refractivity contribution in [3.8, 4) is 0 Å². The van der Waals surface area contributed by atoms with Gasteiger partial charge in [0.1, 0.15) is 16.3 Å². The summed E-state index contributed by atoms with van der Waals surface area (Å²) in [5.41, 5.74) is 6.67. The van der Waals surface area contributed by atoms with Crippen LogP contribution in [0.25, 0.3) is 0 Å². The number of sulfonamides is 1. The lowest BCUT2D eigenvalue weighted by Crippen LogP contribution is -2.56. The van der Waals surface area contributed by atoms with Crippen molar-refractivity contribution >= 4 is 38.7 Å². The fraction of sp³-hybridized carbons (Fsp3) is 0.562. The van der Waals surface area contributed by atoms with E-state index in [0.29, 0.717) is 24.5 Å². The minimum Gasteiger partial charge on any atom is -0.339 e. The summed E-state index contributed by atoms with van der Waals surface area (Å²) in [5.74, 6) is -0.139. The van der Waals surface area contributed by atoms with Gasteiger partial charge < -0.3 is 10.6 Å². The molecule has 1 aromatic carbocycles. The molecule has 2 N–H and O–H groups in total. The minimum atomic E-state index is -3.69. The molecule has 0 aliphatic carbocycles. The summed E-state index contributed by atoms with van der Waals surface area (Å²) in [7, 11) is -3.69. The van der Waals surface area contributed by atoms with Gasteiger partial charge in [0.05, 0.1) is 17.4 Å². The van der Waals surface area contributed by atoms with E-state index in [1.807, 2.05) is 20.8 Å². The second kappa shape index (κ2) is 6.84. The fourth-order valence-electron chi connectivity index (χ4n) is 2.84. The maximum atomic E-state index is 13.0. The zero-order chi connectivity index (χ0) is 19.1. The summed E-state index contributed by atoms with van der Waals surface area (Å²) >= 11 is 0.990. The summed E-state index contributed by atoms with van der Waals surface area (Å²) in [6, 6.07) is 4.34. The molecule has 3 rings (SSSR count). The third-order valence-electron chi connectivity index (χ3n) is 4.62. The van der Waals surface area contributed by atoms with Crippen LogP contribution in [-0.4, -0.2) is 55.8 Å². The summed E-state index contributed by atoms with van der Waals surface area (Å²) in [5, 5.41) is 0. The Bertz CT molecular complexity index is 893. The van der Waals surface area contributed by atoms with Crippen LogP contribution in [0.2, 0.25) is 0 Å². The molecule has 0 spiro atoms. The molecule has 0 bridgehead atoms. The number of nitrogens with zero attached hydrogens (tertiary/aromatic N) is 4. The predicted octanol–water partition coefficient (Wildman–Crippen LogP) is 1.62. The molecule has 10 heteroatoms. The molecule has 1 aromatic rings. The van der Waals surface area contributed by atoms with Gasteiger partial charge >= 0.3 is 0 Å². The smallest absolute Gasteiger partial charge is 0.245 e. The molecular formula is C16H23N5O3S2. The number of fused-ring (bicyclic) bond motifs is 1. The van der Waals surface area contributed by atoms with E-state index in [1.165, 1.54) is 4.31 Å². The number of benzene rings is 1. The van der Waals surface area contributed by atoms with Crippen molar-refractivity contribution in [2.24, 2.45) is 19.9 Å².